The van der Waals surface area contributed by atoms with Crippen molar-refractivity contribution in [2.24, 2.45) is 0 Å². The number of rotatable bonds is 5. The summed E-state index contributed by atoms with van der Waals surface area (Å²) in [6, 6.07) is 0. The smallest absolute Gasteiger partial charge is 0.137 e. The van der Waals surface area contributed by atoms with E-state index in [0.29, 0.717) is 12.2 Å². The van der Waals surface area contributed by atoms with Gasteiger partial charge in [0.15, 0.2) is 0 Å². The van der Waals surface area contributed by atoms with Crippen molar-refractivity contribution in [1.82, 2.24) is 20.5 Å². The van der Waals surface area contributed by atoms with Gasteiger partial charge in [-0.1, -0.05) is 0 Å². The Morgan fingerprint density at radius 2 is 2.53 bits per heavy atom. The summed E-state index contributed by atoms with van der Waals surface area (Å²) in [6.07, 6.45) is 5.63. The molecule has 2 rings (SSSR count). The fourth-order valence-electron chi connectivity index (χ4n) is 1.86. The first-order valence-corrected chi connectivity index (χ1v) is 5.55. The summed E-state index contributed by atoms with van der Waals surface area (Å²) in [5.41, 5.74) is 0. The van der Waals surface area contributed by atoms with Crippen LogP contribution < -0.4 is 5.32 Å². The van der Waals surface area contributed by atoms with E-state index in [0.717, 1.165) is 25.3 Å². The van der Waals surface area contributed by atoms with Gasteiger partial charge in [0.1, 0.15) is 12.2 Å². The molecule has 0 aromatic carbocycles. The molecule has 5 heteroatoms. The highest BCUT2D eigenvalue weighted by molar-refractivity contribution is 4.81. The highest BCUT2D eigenvalue weighted by atomic mass is 16.5. The summed E-state index contributed by atoms with van der Waals surface area (Å²) >= 11 is 0. The van der Waals surface area contributed by atoms with E-state index in [2.05, 4.69) is 27.4 Å². The fraction of sp³-hybridized carbons (Fsp3) is 0.800. The first kappa shape index (κ1) is 10.6. The molecule has 0 saturated carbocycles. The van der Waals surface area contributed by atoms with Crippen LogP contribution in [0.15, 0.2) is 6.33 Å². The third-order valence-electron chi connectivity index (χ3n) is 2.70. The molecule has 1 fully saturated rings. The summed E-state index contributed by atoms with van der Waals surface area (Å²) < 4.78 is 5.70. The second-order valence-corrected chi connectivity index (χ2v) is 4.03. The molecule has 84 valence electrons. The van der Waals surface area contributed by atoms with E-state index in [4.69, 9.17) is 4.74 Å². The monoisotopic (exact) mass is 210 g/mol. The molecule has 0 aliphatic carbocycles. The summed E-state index contributed by atoms with van der Waals surface area (Å²) in [7, 11) is 0. The lowest BCUT2D eigenvalue weighted by atomic mass is 10.2. The van der Waals surface area contributed by atoms with Gasteiger partial charge in [0, 0.05) is 19.5 Å². The van der Waals surface area contributed by atoms with Crippen molar-refractivity contribution in [1.29, 1.82) is 0 Å². The Bertz CT molecular complexity index is 275. The Morgan fingerprint density at radius 3 is 3.20 bits per heavy atom. The maximum atomic E-state index is 5.70. The van der Waals surface area contributed by atoms with Crippen LogP contribution in [0.3, 0.4) is 0 Å². The standard InChI is InChI=1S/C10H18N4O/c1-8-2-3-9(15-8)6-11-5-4-10-12-7-13-14-10/h7-9,11H,2-6H2,1H3,(H,12,13,14). The zero-order chi connectivity index (χ0) is 10.5. The van der Waals surface area contributed by atoms with Crippen molar-refractivity contribution >= 4 is 0 Å². The lowest BCUT2D eigenvalue weighted by Gasteiger charge is -2.11. The second kappa shape index (κ2) is 5.23. The first-order valence-electron chi connectivity index (χ1n) is 5.55. The van der Waals surface area contributed by atoms with Gasteiger partial charge in [0.25, 0.3) is 0 Å². The molecule has 0 bridgehead atoms. The van der Waals surface area contributed by atoms with Crippen LogP contribution in [-0.2, 0) is 11.2 Å². The Labute approximate surface area is 89.6 Å². The van der Waals surface area contributed by atoms with Gasteiger partial charge in [-0.15, -0.1) is 0 Å². The highest BCUT2D eigenvalue weighted by Gasteiger charge is 2.20. The van der Waals surface area contributed by atoms with Gasteiger partial charge in [0.2, 0.25) is 0 Å². The molecule has 0 radical (unpaired) electrons. The molecule has 2 heterocycles. The van der Waals surface area contributed by atoms with Crippen molar-refractivity contribution in [3.63, 3.8) is 0 Å². The Balaban J connectivity index is 1.55. The predicted molar refractivity (Wildman–Crippen MR) is 56.5 cm³/mol. The van der Waals surface area contributed by atoms with Gasteiger partial charge < -0.3 is 10.1 Å². The fourth-order valence-corrected chi connectivity index (χ4v) is 1.86. The van der Waals surface area contributed by atoms with Crippen molar-refractivity contribution in [3.05, 3.63) is 12.2 Å². The quantitative estimate of drug-likeness (QED) is 0.695. The molecule has 1 saturated heterocycles. The average Bonchev–Trinajstić information content (AvgIpc) is 2.84. The summed E-state index contributed by atoms with van der Waals surface area (Å²) in [4.78, 5) is 4.06. The molecule has 2 N–H and O–H groups in total. The van der Waals surface area contributed by atoms with Crippen LogP contribution in [-0.4, -0.2) is 40.5 Å². The lowest BCUT2D eigenvalue weighted by Crippen LogP contribution is -2.28. The number of aromatic nitrogens is 3. The summed E-state index contributed by atoms with van der Waals surface area (Å²) in [5.74, 6) is 0.934. The Hall–Kier alpha value is -0.940. The van der Waals surface area contributed by atoms with Gasteiger partial charge >= 0.3 is 0 Å². The number of aromatic amines is 1. The summed E-state index contributed by atoms with van der Waals surface area (Å²) in [6.45, 7) is 4.00. The van der Waals surface area contributed by atoms with E-state index in [1.54, 1.807) is 0 Å². The van der Waals surface area contributed by atoms with E-state index in [1.807, 2.05) is 0 Å². The number of hydrogen-bond donors (Lipinski definition) is 2. The number of nitrogens with zero attached hydrogens (tertiary/aromatic N) is 2. The molecule has 1 aliphatic rings. The minimum atomic E-state index is 0.398. The van der Waals surface area contributed by atoms with Crippen molar-refractivity contribution in [3.8, 4) is 0 Å². The van der Waals surface area contributed by atoms with Crippen LogP contribution in [0.2, 0.25) is 0 Å². The van der Waals surface area contributed by atoms with Gasteiger partial charge in [-0.2, -0.15) is 5.10 Å². The van der Waals surface area contributed by atoms with E-state index >= 15 is 0 Å². The minimum absolute atomic E-state index is 0.398. The highest BCUT2D eigenvalue weighted by Crippen LogP contribution is 2.17. The summed E-state index contributed by atoms with van der Waals surface area (Å²) in [5, 5.41) is 10.0. The van der Waals surface area contributed by atoms with Crippen LogP contribution in [0.4, 0.5) is 0 Å². The molecular weight excluding hydrogens is 192 g/mol. The average molecular weight is 210 g/mol. The first-order chi connectivity index (χ1) is 7.34. The van der Waals surface area contributed by atoms with Gasteiger partial charge in [-0.05, 0) is 19.8 Å². The number of hydrogen-bond acceptors (Lipinski definition) is 4. The molecule has 2 atom stereocenters. The number of H-pyrrole nitrogens is 1. The van der Waals surface area contributed by atoms with Crippen molar-refractivity contribution in [2.45, 2.75) is 38.4 Å². The normalized spacial score (nSPS) is 25.9. The molecule has 1 aromatic rings. The topological polar surface area (TPSA) is 62.8 Å². The molecule has 5 nitrogen and oxygen atoms in total. The Morgan fingerprint density at radius 1 is 1.60 bits per heavy atom. The SMILES string of the molecule is CC1CCC(CNCCc2ncn[nH]2)O1. The van der Waals surface area contributed by atoms with Gasteiger partial charge in [0.05, 0.1) is 12.2 Å². The maximum absolute atomic E-state index is 5.70. The van der Waals surface area contributed by atoms with Crippen LogP contribution in [0.1, 0.15) is 25.6 Å². The lowest BCUT2D eigenvalue weighted by molar-refractivity contribution is 0.0562. The Kier molecular flexibility index (Phi) is 3.69. The molecule has 0 amide bonds. The molecule has 2 unspecified atom stereocenters. The van der Waals surface area contributed by atoms with E-state index < -0.39 is 0 Å². The van der Waals surface area contributed by atoms with Crippen LogP contribution in [0.25, 0.3) is 0 Å². The van der Waals surface area contributed by atoms with Crippen LogP contribution >= 0.6 is 0 Å². The third-order valence-corrected chi connectivity index (χ3v) is 2.70. The number of ether oxygens (including phenoxy) is 1. The largest absolute Gasteiger partial charge is 0.374 e. The second-order valence-electron chi connectivity index (χ2n) is 4.03. The van der Waals surface area contributed by atoms with E-state index in [9.17, 15) is 0 Å². The van der Waals surface area contributed by atoms with Crippen LogP contribution in [0, 0.1) is 0 Å². The van der Waals surface area contributed by atoms with Crippen molar-refractivity contribution in [2.75, 3.05) is 13.1 Å². The molecule has 15 heavy (non-hydrogen) atoms. The van der Waals surface area contributed by atoms with E-state index in [1.165, 1.54) is 19.2 Å². The molecule has 1 aromatic heterocycles. The van der Waals surface area contributed by atoms with Crippen molar-refractivity contribution < 1.29 is 4.74 Å². The molecular formula is C10H18N4O. The predicted octanol–water partition coefficient (Wildman–Crippen LogP) is 0.504. The van der Waals surface area contributed by atoms with Crippen LogP contribution in [0.5, 0.6) is 0 Å². The zero-order valence-electron chi connectivity index (χ0n) is 9.07. The number of nitrogens with one attached hydrogen (secondary N) is 2. The molecule has 1 aliphatic heterocycles. The van der Waals surface area contributed by atoms with Gasteiger partial charge in [-0.3, -0.25) is 5.10 Å². The maximum Gasteiger partial charge on any atom is 0.137 e. The molecule has 0 spiro atoms. The zero-order valence-corrected chi connectivity index (χ0v) is 9.07. The minimum Gasteiger partial charge on any atom is -0.374 e. The van der Waals surface area contributed by atoms with Gasteiger partial charge in [-0.25, -0.2) is 4.98 Å². The van der Waals surface area contributed by atoms with E-state index in [-0.39, 0.29) is 0 Å². The third kappa shape index (κ3) is 3.28.